The van der Waals surface area contributed by atoms with Crippen LogP contribution in [0.5, 0.6) is 0 Å². The van der Waals surface area contributed by atoms with Crippen LogP contribution < -0.4 is 14.2 Å². The molecule has 0 amide bonds. The second-order valence-corrected chi connectivity index (χ2v) is 5.60. The number of hydrogen-bond donors (Lipinski definition) is 1. The second kappa shape index (κ2) is 5.01. The first-order valence-corrected chi connectivity index (χ1v) is 6.60. The average molecular weight is 262 g/mol. The van der Waals surface area contributed by atoms with Gasteiger partial charge >= 0.3 is 96.5 Å². The second-order valence-electron chi connectivity index (χ2n) is 3.19. The van der Waals surface area contributed by atoms with E-state index in [1.165, 1.54) is 14.6 Å². The summed E-state index contributed by atoms with van der Waals surface area (Å²) in [6, 6.07) is 19.3. The molecule has 0 aromatic heterocycles. The van der Waals surface area contributed by atoms with E-state index in [1.54, 1.807) is 0 Å². The number of rotatable bonds is 3. The molecule has 1 nitrogen and oxygen atoms in total. The van der Waals surface area contributed by atoms with Gasteiger partial charge in [0.1, 0.15) is 0 Å². The normalized spacial score (nSPS) is 9.93. The monoisotopic (exact) mass is 263 g/mol. The molecule has 2 aromatic carbocycles. The molecule has 0 aliphatic carbocycles. The van der Waals surface area contributed by atoms with Crippen LogP contribution in [0.15, 0.2) is 54.6 Å². The fourth-order valence-electron chi connectivity index (χ4n) is 1.31. The zero-order valence-corrected chi connectivity index (χ0v) is 10.3. The Balaban J connectivity index is 2.11. The van der Waals surface area contributed by atoms with Crippen molar-refractivity contribution in [2.24, 2.45) is 0 Å². The molecule has 2 aromatic rings. The van der Waals surface area contributed by atoms with Crippen LogP contribution in [-0.2, 0) is 0 Å². The van der Waals surface area contributed by atoms with Gasteiger partial charge in [-0.25, -0.2) is 0 Å². The molecule has 0 atom stereocenters. The zero-order chi connectivity index (χ0) is 10.5. The van der Waals surface area contributed by atoms with Crippen molar-refractivity contribution in [1.82, 2.24) is 0 Å². The average Bonchev–Trinajstić information content (AvgIpc) is 2.31. The van der Waals surface area contributed by atoms with Crippen molar-refractivity contribution in [3.05, 3.63) is 54.6 Å². The van der Waals surface area contributed by atoms with E-state index in [0.29, 0.717) is 15.0 Å². The van der Waals surface area contributed by atoms with Crippen LogP contribution in [0.2, 0.25) is 0 Å². The molecule has 2 heteroatoms. The van der Waals surface area contributed by atoms with Gasteiger partial charge in [-0.3, -0.25) is 0 Å². The summed E-state index contributed by atoms with van der Waals surface area (Å²) in [4.78, 5) is 0. The van der Waals surface area contributed by atoms with Crippen LogP contribution in [0, 0.1) is 0 Å². The van der Waals surface area contributed by atoms with Crippen LogP contribution in [0.4, 0.5) is 5.69 Å². The molecule has 0 saturated carbocycles. The summed E-state index contributed by atoms with van der Waals surface area (Å²) in [6.07, 6.45) is 0. The molecule has 0 saturated heterocycles. The van der Waals surface area contributed by atoms with Crippen LogP contribution in [0.3, 0.4) is 0 Å². The first-order chi connectivity index (χ1) is 7.38. The van der Waals surface area contributed by atoms with Gasteiger partial charge in [-0.15, -0.1) is 0 Å². The van der Waals surface area contributed by atoms with Crippen molar-refractivity contribution in [2.45, 2.75) is 0 Å². The molecule has 0 radical (unpaired) electrons. The Morgan fingerprint density at radius 3 is 2.00 bits per heavy atom. The number of anilines is 1. The maximum absolute atomic E-state index is 3.12. The standard InChI is InChI=1S/C13H13NSe/c1-14-11-7-9-13(10-8-11)15-12-5-3-2-4-6-12/h2-10,14H,1H3. The van der Waals surface area contributed by atoms with E-state index in [9.17, 15) is 0 Å². The molecule has 0 fully saturated rings. The minimum absolute atomic E-state index is 0.424. The fraction of sp³-hybridized carbons (Fsp3) is 0.0769. The summed E-state index contributed by atoms with van der Waals surface area (Å²) in [6.45, 7) is 0. The topological polar surface area (TPSA) is 12.0 Å². The molecule has 76 valence electrons. The van der Waals surface area contributed by atoms with Crippen LogP contribution in [0.25, 0.3) is 0 Å². The quantitative estimate of drug-likeness (QED) is 0.824. The van der Waals surface area contributed by atoms with Crippen molar-refractivity contribution >= 4 is 29.6 Å². The summed E-state index contributed by atoms with van der Waals surface area (Å²) in [7, 11) is 1.94. The van der Waals surface area contributed by atoms with Gasteiger partial charge in [0.25, 0.3) is 0 Å². The van der Waals surface area contributed by atoms with Gasteiger partial charge in [0, 0.05) is 0 Å². The predicted octanol–water partition coefficient (Wildman–Crippen LogP) is 1.38. The summed E-state index contributed by atoms with van der Waals surface area (Å²) in [5.74, 6) is 0. The van der Waals surface area contributed by atoms with Gasteiger partial charge in [0.15, 0.2) is 0 Å². The summed E-state index contributed by atoms with van der Waals surface area (Å²) in [5.41, 5.74) is 1.17. The van der Waals surface area contributed by atoms with Crippen molar-refractivity contribution in [3.63, 3.8) is 0 Å². The van der Waals surface area contributed by atoms with Crippen LogP contribution in [0.1, 0.15) is 0 Å². The fourth-order valence-corrected chi connectivity index (χ4v) is 3.07. The molecule has 1 N–H and O–H groups in total. The van der Waals surface area contributed by atoms with Crippen molar-refractivity contribution in [1.29, 1.82) is 0 Å². The maximum atomic E-state index is 3.12. The third-order valence-corrected chi connectivity index (χ3v) is 4.25. The Morgan fingerprint density at radius 2 is 1.40 bits per heavy atom. The van der Waals surface area contributed by atoms with E-state index in [1.807, 2.05) is 7.05 Å². The van der Waals surface area contributed by atoms with E-state index in [2.05, 4.69) is 59.9 Å². The Labute approximate surface area is 96.7 Å². The molecule has 0 aliphatic rings. The Kier molecular flexibility index (Phi) is 3.44. The van der Waals surface area contributed by atoms with Gasteiger partial charge in [0.2, 0.25) is 0 Å². The van der Waals surface area contributed by atoms with E-state index < -0.39 is 0 Å². The van der Waals surface area contributed by atoms with Gasteiger partial charge in [0.05, 0.1) is 0 Å². The number of nitrogens with one attached hydrogen (secondary N) is 1. The molecule has 2 rings (SSSR count). The van der Waals surface area contributed by atoms with E-state index in [0.717, 1.165) is 0 Å². The Hall–Kier alpha value is -1.24. The van der Waals surface area contributed by atoms with Crippen molar-refractivity contribution in [2.75, 3.05) is 12.4 Å². The molecule has 0 bridgehead atoms. The third-order valence-electron chi connectivity index (χ3n) is 2.12. The van der Waals surface area contributed by atoms with Gasteiger partial charge in [-0.1, -0.05) is 0 Å². The molecule has 15 heavy (non-hydrogen) atoms. The van der Waals surface area contributed by atoms with Gasteiger partial charge in [-0.2, -0.15) is 0 Å². The number of benzene rings is 2. The first-order valence-electron chi connectivity index (χ1n) is 4.89. The van der Waals surface area contributed by atoms with Crippen LogP contribution in [-0.4, -0.2) is 22.0 Å². The van der Waals surface area contributed by atoms with E-state index in [4.69, 9.17) is 0 Å². The molecule has 0 unspecified atom stereocenters. The minimum atomic E-state index is 0.424. The summed E-state index contributed by atoms with van der Waals surface area (Å²) < 4.78 is 2.83. The first kappa shape index (κ1) is 10.3. The molecule has 0 heterocycles. The van der Waals surface area contributed by atoms with Crippen molar-refractivity contribution in [3.8, 4) is 0 Å². The zero-order valence-electron chi connectivity index (χ0n) is 8.60. The Bertz CT molecular complexity index is 408. The van der Waals surface area contributed by atoms with Crippen molar-refractivity contribution < 1.29 is 0 Å². The predicted molar refractivity (Wildman–Crippen MR) is 67.5 cm³/mol. The summed E-state index contributed by atoms with van der Waals surface area (Å²) in [5, 5.41) is 3.12. The molecule has 0 spiro atoms. The Morgan fingerprint density at radius 1 is 0.800 bits per heavy atom. The summed E-state index contributed by atoms with van der Waals surface area (Å²) >= 11 is 0.424. The number of hydrogen-bond acceptors (Lipinski definition) is 1. The third kappa shape index (κ3) is 2.85. The SMILES string of the molecule is CNc1ccc([Se]c2ccccc2)cc1. The van der Waals surface area contributed by atoms with Gasteiger partial charge < -0.3 is 0 Å². The molecular weight excluding hydrogens is 249 g/mol. The van der Waals surface area contributed by atoms with E-state index in [-0.39, 0.29) is 0 Å². The molecule has 0 aliphatic heterocycles. The van der Waals surface area contributed by atoms with E-state index >= 15 is 0 Å². The molecular formula is C13H13NSe. The van der Waals surface area contributed by atoms with Gasteiger partial charge in [-0.05, 0) is 0 Å². The van der Waals surface area contributed by atoms with Crippen LogP contribution >= 0.6 is 0 Å².